The van der Waals surface area contributed by atoms with Crippen LogP contribution in [0.15, 0.2) is 34.2 Å². The minimum atomic E-state index is -0.605. The predicted octanol–water partition coefficient (Wildman–Crippen LogP) is 1.90. The average molecular weight is 404 g/mol. The van der Waals surface area contributed by atoms with E-state index in [1.54, 1.807) is 36.6 Å². The maximum atomic E-state index is 13.0. The normalized spacial score (nSPS) is 17.4. The summed E-state index contributed by atoms with van der Waals surface area (Å²) in [5.74, 6) is -0.443. The Hall–Kier alpha value is -2.39. The topological polar surface area (TPSA) is 102 Å². The summed E-state index contributed by atoms with van der Waals surface area (Å²) >= 11 is 1.16. The van der Waals surface area contributed by atoms with Crippen LogP contribution in [-0.4, -0.2) is 46.0 Å². The number of rotatable bonds is 6. The zero-order valence-corrected chi connectivity index (χ0v) is 16.8. The molecule has 1 aromatic heterocycles. The molecule has 2 heterocycles. The highest BCUT2D eigenvalue weighted by molar-refractivity contribution is 8.00. The number of fused-ring (bicyclic) bond motifs is 1. The average Bonchev–Trinajstić information content (AvgIpc) is 3.18. The van der Waals surface area contributed by atoms with E-state index in [0.29, 0.717) is 35.8 Å². The second kappa shape index (κ2) is 9.20. The van der Waals surface area contributed by atoms with Crippen molar-refractivity contribution in [1.82, 2.24) is 20.2 Å². The van der Waals surface area contributed by atoms with Gasteiger partial charge >= 0.3 is 6.03 Å². The molecule has 1 aliphatic heterocycles. The molecule has 1 fully saturated rings. The maximum absolute atomic E-state index is 13.0. The Bertz CT molecular complexity index is 924. The molecule has 1 saturated heterocycles. The summed E-state index contributed by atoms with van der Waals surface area (Å²) < 4.78 is 7.26. The molecule has 28 heavy (non-hydrogen) atoms. The second-order valence-electron chi connectivity index (χ2n) is 6.57. The van der Waals surface area contributed by atoms with Crippen molar-refractivity contribution in [3.05, 3.63) is 34.6 Å². The smallest absolute Gasteiger partial charge is 0.321 e. The highest BCUT2D eigenvalue weighted by atomic mass is 32.2. The minimum Gasteiger partial charge on any atom is -0.376 e. The van der Waals surface area contributed by atoms with Crippen LogP contribution in [0.1, 0.15) is 26.7 Å². The summed E-state index contributed by atoms with van der Waals surface area (Å²) in [6.07, 6.45) is 1.81. The second-order valence-corrected chi connectivity index (χ2v) is 7.88. The lowest BCUT2D eigenvalue weighted by atomic mass is 10.2. The molecule has 9 heteroatoms. The predicted molar refractivity (Wildman–Crippen MR) is 108 cm³/mol. The summed E-state index contributed by atoms with van der Waals surface area (Å²) in [5, 5.41) is 5.19. The van der Waals surface area contributed by atoms with Crippen molar-refractivity contribution in [2.45, 2.75) is 49.7 Å². The highest BCUT2D eigenvalue weighted by Gasteiger charge is 2.23. The van der Waals surface area contributed by atoms with Crippen molar-refractivity contribution in [2.24, 2.45) is 0 Å². The molecule has 1 aliphatic rings. The molecule has 1 aromatic carbocycles. The zero-order chi connectivity index (χ0) is 20.1. The van der Waals surface area contributed by atoms with Gasteiger partial charge in [0.1, 0.15) is 0 Å². The van der Waals surface area contributed by atoms with Gasteiger partial charge in [-0.25, -0.2) is 9.78 Å². The van der Waals surface area contributed by atoms with Crippen molar-refractivity contribution >= 4 is 34.6 Å². The number of amides is 3. The number of aromatic nitrogens is 2. The van der Waals surface area contributed by atoms with Crippen molar-refractivity contribution in [3.8, 4) is 0 Å². The molecule has 0 bridgehead atoms. The summed E-state index contributed by atoms with van der Waals surface area (Å²) in [6.45, 7) is 4.95. The molecule has 0 saturated carbocycles. The van der Waals surface area contributed by atoms with Gasteiger partial charge in [-0.3, -0.25) is 19.5 Å². The van der Waals surface area contributed by atoms with Gasteiger partial charge in [0.25, 0.3) is 5.56 Å². The molecule has 0 unspecified atom stereocenters. The van der Waals surface area contributed by atoms with Crippen LogP contribution in [0.25, 0.3) is 10.9 Å². The number of thioether (sulfide) groups is 1. The Labute approximate surface area is 167 Å². The van der Waals surface area contributed by atoms with E-state index < -0.39 is 17.2 Å². The Morgan fingerprint density at radius 3 is 2.89 bits per heavy atom. The van der Waals surface area contributed by atoms with Gasteiger partial charge < -0.3 is 10.1 Å². The number of urea groups is 1. The molecule has 2 N–H and O–H groups in total. The van der Waals surface area contributed by atoms with E-state index in [1.807, 2.05) is 6.07 Å². The molecule has 3 rings (SSSR count). The fraction of sp³-hybridized carbons (Fsp3) is 0.474. The van der Waals surface area contributed by atoms with Crippen LogP contribution < -0.4 is 16.2 Å². The van der Waals surface area contributed by atoms with E-state index in [1.165, 1.54) is 0 Å². The number of ether oxygens (including phenoxy) is 1. The van der Waals surface area contributed by atoms with Gasteiger partial charge in [0, 0.05) is 13.2 Å². The summed E-state index contributed by atoms with van der Waals surface area (Å²) in [6, 6.07) is 6.60. The number of para-hydroxylation sites is 1. The fourth-order valence-corrected chi connectivity index (χ4v) is 3.94. The molecule has 2 atom stereocenters. The quantitative estimate of drug-likeness (QED) is 0.563. The number of carbonyl (C=O) groups excluding carboxylic acids is 2. The molecule has 0 radical (unpaired) electrons. The molecule has 2 aromatic rings. The Morgan fingerprint density at radius 2 is 2.18 bits per heavy atom. The maximum Gasteiger partial charge on any atom is 0.321 e. The van der Waals surface area contributed by atoms with Crippen molar-refractivity contribution in [2.75, 3.05) is 13.2 Å². The van der Waals surface area contributed by atoms with Crippen LogP contribution in [0.2, 0.25) is 0 Å². The standard InChI is InChI=1S/C19H24N4O4S/c1-3-20-18(26)22-16(24)12(2)28-19-21-15-9-5-4-8-14(15)17(25)23(19)11-13-7-6-10-27-13/h4-5,8-9,12-13H,3,6-7,10-11H2,1-2H3,(H2,20,22,24,26)/t12-,13-/m1/s1. The molecule has 8 nitrogen and oxygen atoms in total. The van der Waals surface area contributed by atoms with Crippen molar-refractivity contribution in [1.29, 1.82) is 0 Å². The largest absolute Gasteiger partial charge is 0.376 e. The summed E-state index contributed by atoms with van der Waals surface area (Å²) in [7, 11) is 0. The first-order valence-corrected chi connectivity index (χ1v) is 10.2. The number of hydrogen-bond acceptors (Lipinski definition) is 6. The van der Waals surface area contributed by atoms with Crippen LogP contribution in [0.4, 0.5) is 4.79 Å². The number of carbonyl (C=O) groups is 2. The van der Waals surface area contributed by atoms with Crippen LogP contribution in [0, 0.1) is 0 Å². The van der Waals surface area contributed by atoms with Crippen LogP contribution in [-0.2, 0) is 16.1 Å². The molecule has 150 valence electrons. The Morgan fingerprint density at radius 1 is 1.39 bits per heavy atom. The monoisotopic (exact) mass is 404 g/mol. The molecular formula is C19H24N4O4S. The van der Waals surface area contributed by atoms with Gasteiger partial charge in [0.2, 0.25) is 5.91 Å². The van der Waals surface area contributed by atoms with Gasteiger partial charge in [0.15, 0.2) is 5.16 Å². The Balaban J connectivity index is 1.88. The molecule has 0 aliphatic carbocycles. The lowest BCUT2D eigenvalue weighted by Gasteiger charge is -2.18. The first-order chi connectivity index (χ1) is 13.5. The molecule has 0 spiro atoms. The SMILES string of the molecule is CCNC(=O)NC(=O)[C@@H](C)Sc1nc2ccccc2c(=O)n1C[C@H]1CCCO1. The third-order valence-electron chi connectivity index (χ3n) is 4.46. The lowest BCUT2D eigenvalue weighted by Crippen LogP contribution is -2.42. The Kier molecular flexibility index (Phi) is 6.69. The molecular weight excluding hydrogens is 380 g/mol. The van der Waals surface area contributed by atoms with Gasteiger partial charge in [0.05, 0.1) is 28.8 Å². The summed E-state index contributed by atoms with van der Waals surface area (Å²) in [4.78, 5) is 41.5. The minimum absolute atomic E-state index is 0.0422. The third kappa shape index (κ3) is 4.71. The third-order valence-corrected chi connectivity index (χ3v) is 5.55. The zero-order valence-electron chi connectivity index (χ0n) is 15.9. The van der Waals surface area contributed by atoms with E-state index in [4.69, 9.17) is 4.74 Å². The van der Waals surface area contributed by atoms with Crippen LogP contribution >= 0.6 is 11.8 Å². The van der Waals surface area contributed by atoms with Crippen molar-refractivity contribution in [3.63, 3.8) is 0 Å². The number of hydrogen-bond donors (Lipinski definition) is 2. The van der Waals surface area contributed by atoms with E-state index >= 15 is 0 Å². The van der Waals surface area contributed by atoms with E-state index in [9.17, 15) is 14.4 Å². The van der Waals surface area contributed by atoms with Crippen molar-refractivity contribution < 1.29 is 14.3 Å². The van der Waals surface area contributed by atoms with E-state index in [0.717, 1.165) is 24.6 Å². The number of nitrogens with one attached hydrogen (secondary N) is 2. The van der Waals surface area contributed by atoms with E-state index in [2.05, 4.69) is 15.6 Å². The van der Waals surface area contributed by atoms with Gasteiger partial charge in [-0.15, -0.1) is 0 Å². The van der Waals surface area contributed by atoms with Crippen LogP contribution in [0.3, 0.4) is 0 Å². The van der Waals surface area contributed by atoms with Gasteiger partial charge in [-0.05, 0) is 38.8 Å². The molecule has 3 amide bonds. The number of nitrogens with zero attached hydrogens (tertiary/aromatic N) is 2. The first kappa shape index (κ1) is 20.3. The van der Waals surface area contributed by atoms with Gasteiger partial charge in [-0.1, -0.05) is 23.9 Å². The lowest BCUT2D eigenvalue weighted by molar-refractivity contribution is -0.119. The van der Waals surface area contributed by atoms with Crippen LogP contribution in [0.5, 0.6) is 0 Å². The van der Waals surface area contributed by atoms with Gasteiger partial charge in [-0.2, -0.15) is 0 Å². The van der Waals surface area contributed by atoms with E-state index in [-0.39, 0.29) is 11.7 Å². The summed E-state index contributed by atoms with van der Waals surface area (Å²) in [5.41, 5.74) is 0.426. The number of imide groups is 1. The number of benzene rings is 1. The highest BCUT2D eigenvalue weighted by Crippen LogP contribution is 2.24. The first-order valence-electron chi connectivity index (χ1n) is 9.36. The fourth-order valence-electron chi connectivity index (χ4n) is 3.02.